The zero-order chi connectivity index (χ0) is 82.9. The fourth-order valence-corrected chi connectivity index (χ4v) is 18.2. The highest BCUT2D eigenvalue weighted by Gasteiger charge is 2.60. The summed E-state index contributed by atoms with van der Waals surface area (Å²) in [6, 6.07) is 0. The number of ether oxygens (including phenoxy) is 15. The van der Waals surface area contributed by atoms with Gasteiger partial charge in [-0.15, -0.1) is 0 Å². The van der Waals surface area contributed by atoms with E-state index >= 15 is 0 Å². The van der Waals surface area contributed by atoms with Crippen LogP contribution >= 0.6 is 0 Å². The van der Waals surface area contributed by atoms with Crippen molar-refractivity contribution < 1.29 is 208 Å². The molecule has 0 spiro atoms. The van der Waals surface area contributed by atoms with Gasteiger partial charge in [-0.3, -0.25) is 14.4 Å². The molecule has 0 radical (unpaired) electrons. The predicted octanol–water partition coefficient (Wildman–Crippen LogP) is -10.8. The minimum Gasteiger partial charge on any atom is -0.463 e. The molecule has 7 heterocycles. The average molecular weight is 1660 g/mol. The molecule has 115 heavy (non-hydrogen) atoms. The SMILES string of the molecule is O=C(C=CC1CCC(O)CC1)OC[C@H]1O[C@@H](OC2CC3C(O)CC(O[C@@H]4O[C@H](COC(=O)CCC(=O)OC[C@H]5O[C@@H](OC6CCC(C7OC8CC(O[C@@H]9O[C@H](CO)[C@@H](O)[C@H](O)[C@H]9O)CC(O)C8C(=O)C7O[C@@H]7O[C@H](CO)[C@@H](O)[C@H](O)[C@H]7O)CC6)[C@H](O)[C@@H](O)[C@@H]5O)[C@@H](O)[C@H](O)[C@H]4O)CC3OC2C2CC(O)C(O)C(O)C2)[C@H](O)[C@@H](O)[C@@H]1O. The lowest BCUT2D eigenvalue weighted by molar-refractivity contribution is -0.339. The summed E-state index contributed by atoms with van der Waals surface area (Å²) in [5.41, 5.74) is 0. The number of aliphatic hydroxyl groups excluding tert-OH is 23. The van der Waals surface area contributed by atoms with Crippen molar-refractivity contribution in [1.82, 2.24) is 0 Å². The molecule has 0 aromatic carbocycles. The third-order valence-electron chi connectivity index (χ3n) is 25.0. The summed E-state index contributed by atoms with van der Waals surface area (Å²) in [6.07, 6.45) is -57.3. The molecule has 7 saturated heterocycles. The lowest BCUT2D eigenvalue weighted by atomic mass is 9.72. The van der Waals surface area contributed by atoms with Crippen LogP contribution < -0.4 is 0 Å². The van der Waals surface area contributed by atoms with Gasteiger partial charge in [-0.25, -0.2) is 4.79 Å². The van der Waals surface area contributed by atoms with Crippen LogP contribution in [0, 0.1) is 29.6 Å². The van der Waals surface area contributed by atoms with E-state index in [4.69, 9.17) is 71.1 Å². The van der Waals surface area contributed by atoms with Crippen LogP contribution in [0.5, 0.6) is 0 Å². The summed E-state index contributed by atoms with van der Waals surface area (Å²) in [4.78, 5) is 53.7. The Morgan fingerprint density at radius 2 is 0.765 bits per heavy atom. The van der Waals surface area contributed by atoms with E-state index in [0.29, 0.717) is 25.7 Å². The number of esters is 3. The molecule has 42 heteroatoms. The number of Topliss-reactive ketones (excluding diaryl/α,β-unsaturated/α-hetero) is 1. The number of carbonyl (C=O) groups excluding carboxylic acids is 4. The van der Waals surface area contributed by atoms with Gasteiger partial charge >= 0.3 is 17.9 Å². The average Bonchev–Trinajstić information content (AvgIpc) is 0.750. The van der Waals surface area contributed by atoms with Crippen molar-refractivity contribution in [3.05, 3.63) is 12.2 Å². The first-order valence-electron chi connectivity index (χ1n) is 39.8. The van der Waals surface area contributed by atoms with Gasteiger partial charge in [0, 0.05) is 37.7 Å². The monoisotopic (exact) mass is 1660 g/mol. The molecule has 5 saturated carbocycles. The predicted molar refractivity (Wildman–Crippen MR) is 368 cm³/mol. The molecule has 5 aliphatic carbocycles. The van der Waals surface area contributed by atoms with Crippen molar-refractivity contribution in [1.29, 1.82) is 0 Å². The van der Waals surface area contributed by atoms with E-state index in [2.05, 4.69) is 0 Å². The van der Waals surface area contributed by atoms with Crippen LogP contribution in [0.25, 0.3) is 0 Å². The smallest absolute Gasteiger partial charge is 0.330 e. The van der Waals surface area contributed by atoms with Gasteiger partial charge in [0.2, 0.25) is 0 Å². The zero-order valence-corrected chi connectivity index (χ0v) is 62.7. The van der Waals surface area contributed by atoms with Crippen molar-refractivity contribution in [3.63, 3.8) is 0 Å². The van der Waals surface area contributed by atoms with Crippen LogP contribution in [0.15, 0.2) is 12.2 Å². The highest BCUT2D eigenvalue weighted by atomic mass is 16.8. The number of fused-ring (bicyclic) bond motifs is 2. The fourth-order valence-electron chi connectivity index (χ4n) is 18.2. The summed E-state index contributed by atoms with van der Waals surface area (Å²) in [7, 11) is 0. The second kappa shape index (κ2) is 39.7. The minimum absolute atomic E-state index is 0.0343. The van der Waals surface area contributed by atoms with Crippen molar-refractivity contribution in [2.24, 2.45) is 29.6 Å². The molecule has 39 atom stereocenters. The Labute approximate surface area is 658 Å². The second-order valence-corrected chi connectivity index (χ2v) is 32.8. The van der Waals surface area contributed by atoms with E-state index in [-0.39, 0.29) is 76.5 Å². The van der Waals surface area contributed by atoms with Gasteiger partial charge in [0.15, 0.2) is 37.2 Å². The van der Waals surface area contributed by atoms with E-state index in [1.807, 2.05) is 0 Å². The standard InChI is InChI=1S/C73H114O42/c74-20-40-50(85)56(91)61(96)70(110-40)106-31-16-34(78)48-38(18-31)108-67(68(55(48)90)115-73-65(100)57(92)51(86)41(21-75)111-73)26-4-8-29(9-5-26)104-69-62(97)58(93)52(87)42(112-69)22-102-46(82)11-12-47(83)103-23-43-53(88)59(94)63(98)71(113-43)105-30-15-33(77)32-19-39(66(107-37(32)17-30)27-13-35(79)49(84)36(80)14-27)109-72-64(99)60(95)54(89)44(114-72)24-101-45(81)10-3-25-1-6-28(76)7-2-25/h3,10,25-44,48-54,56-80,84-89,91-100H,1-2,4-9,11-24H2/t25?,26?,27?,28?,29?,30?,31?,32?,33?,34?,35?,36?,37?,38?,39?,40-,41-,42-,43-,44-,48?,49?,50-,51-,52-,53-,54-,56+,57+,58+,59+,60+,61-,62-,63-,64-,65-,66?,67?,68?,69-,70-,71-,72-,73+/m1/s1. The van der Waals surface area contributed by atoms with Crippen LogP contribution in [0.2, 0.25) is 0 Å². The number of hydrogen-bond donors (Lipinski definition) is 23. The van der Waals surface area contributed by atoms with Gasteiger partial charge in [0.1, 0.15) is 154 Å². The molecule has 0 bridgehead atoms. The Bertz CT molecular complexity index is 3130. The molecule has 12 rings (SSSR count). The quantitative estimate of drug-likeness (QED) is 0.0229. The Morgan fingerprint density at radius 1 is 0.357 bits per heavy atom. The second-order valence-electron chi connectivity index (χ2n) is 32.8. The first-order valence-corrected chi connectivity index (χ1v) is 39.8. The normalized spacial score (nSPS) is 50.0. The number of hydrogen-bond acceptors (Lipinski definition) is 42. The third kappa shape index (κ3) is 20.9. The molecule has 0 amide bonds. The molecule has 0 aromatic rings. The van der Waals surface area contributed by atoms with Crippen LogP contribution in [0.1, 0.15) is 109 Å². The molecule has 7 aliphatic heterocycles. The first kappa shape index (κ1) is 90.6. The van der Waals surface area contributed by atoms with E-state index in [0.717, 1.165) is 0 Å². The van der Waals surface area contributed by atoms with Crippen LogP contribution in [0.4, 0.5) is 0 Å². The molecular weight excluding hydrogens is 1550 g/mol. The van der Waals surface area contributed by atoms with Gasteiger partial charge in [-0.05, 0) is 88.4 Å². The molecule has 14 unspecified atom stereocenters. The van der Waals surface area contributed by atoms with E-state index in [1.54, 1.807) is 6.08 Å². The molecule has 0 aromatic heterocycles. The summed E-state index contributed by atoms with van der Waals surface area (Å²) in [5, 5.41) is 248. The molecule has 658 valence electrons. The highest BCUT2D eigenvalue weighted by molar-refractivity contribution is 5.88. The zero-order valence-electron chi connectivity index (χ0n) is 62.7. The van der Waals surface area contributed by atoms with Crippen LogP contribution in [-0.2, 0) is 90.2 Å². The molecule has 23 N–H and O–H groups in total. The van der Waals surface area contributed by atoms with Gasteiger partial charge in [-0.1, -0.05) is 6.08 Å². The Morgan fingerprint density at radius 3 is 1.24 bits per heavy atom. The maximum Gasteiger partial charge on any atom is 0.330 e. The topological polar surface area (TPSA) is 672 Å². The van der Waals surface area contributed by atoms with E-state index in [9.17, 15) is 137 Å². The Balaban J connectivity index is 0.606. The summed E-state index contributed by atoms with van der Waals surface area (Å²) in [5.74, 6) is -7.00. The summed E-state index contributed by atoms with van der Waals surface area (Å²) >= 11 is 0. The number of ketones is 1. The van der Waals surface area contributed by atoms with Crippen molar-refractivity contribution >= 4 is 23.7 Å². The maximum atomic E-state index is 14.7. The van der Waals surface area contributed by atoms with Crippen molar-refractivity contribution in [2.75, 3.05) is 33.0 Å². The molecule has 12 fully saturated rings. The van der Waals surface area contributed by atoms with E-state index < -0.39 is 338 Å². The number of carbonyl (C=O) groups is 4. The van der Waals surface area contributed by atoms with Gasteiger partial charge in [0.05, 0.1) is 111 Å². The number of rotatable bonds is 25. The fraction of sp³-hybridized carbons (Fsp3) is 0.918. The van der Waals surface area contributed by atoms with Crippen LogP contribution in [0.3, 0.4) is 0 Å². The minimum atomic E-state index is -1.96. The summed E-state index contributed by atoms with van der Waals surface area (Å²) < 4.78 is 88.6. The largest absolute Gasteiger partial charge is 0.463 e. The lowest BCUT2D eigenvalue weighted by Crippen LogP contribution is -2.65. The number of aliphatic hydroxyl groups is 23. The highest BCUT2D eigenvalue weighted by Crippen LogP contribution is 2.47. The van der Waals surface area contributed by atoms with Crippen LogP contribution in [-0.4, -0.2) is 419 Å². The van der Waals surface area contributed by atoms with Crippen molar-refractivity contribution in [2.45, 2.75) is 354 Å². The van der Waals surface area contributed by atoms with Crippen molar-refractivity contribution in [3.8, 4) is 0 Å². The Hall–Kier alpha value is -3.58. The number of allylic oxidation sites excluding steroid dienone is 1. The lowest BCUT2D eigenvalue weighted by Gasteiger charge is -2.52. The van der Waals surface area contributed by atoms with Gasteiger partial charge < -0.3 is 189 Å². The molecular formula is C73H114O42. The van der Waals surface area contributed by atoms with Gasteiger partial charge in [0.25, 0.3) is 0 Å². The third-order valence-corrected chi connectivity index (χ3v) is 25.0. The summed E-state index contributed by atoms with van der Waals surface area (Å²) in [6.45, 7) is -3.69. The Kier molecular flexibility index (Phi) is 31.3. The molecule has 12 aliphatic rings. The van der Waals surface area contributed by atoms with E-state index in [1.165, 1.54) is 6.08 Å². The van der Waals surface area contributed by atoms with Gasteiger partial charge in [-0.2, -0.15) is 0 Å². The maximum absolute atomic E-state index is 14.7. The first-order chi connectivity index (χ1) is 54.7. The molecule has 42 nitrogen and oxygen atoms in total.